The zero-order chi connectivity index (χ0) is 21.4. The van der Waals surface area contributed by atoms with Crippen molar-refractivity contribution >= 4 is 5.69 Å². The average molecular weight is 427 g/mol. The Balaban J connectivity index is 1.29. The molecule has 0 atom stereocenters. The van der Waals surface area contributed by atoms with Gasteiger partial charge in [0.15, 0.2) is 5.82 Å². The van der Waals surface area contributed by atoms with E-state index in [9.17, 15) is 13.2 Å². The fourth-order valence-corrected chi connectivity index (χ4v) is 3.17. The fourth-order valence-electron chi connectivity index (χ4n) is 3.17. The molecule has 2 aromatic carbocycles. The van der Waals surface area contributed by atoms with Crippen molar-refractivity contribution in [3.8, 4) is 22.8 Å². The van der Waals surface area contributed by atoms with Gasteiger partial charge in [-0.25, -0.2) is 4.68 Å². The number of anilines is 1. The molecule has 1 aliphatic rings. The van der Waals surface area contributed by atoms with Gasteiger partial charge >= 0.3 is 6.18 Å². The van der Waals surface area contributed by atoms with Crippen molar-refractivity contribution in [1.29, 1.82) is 0 Å². The standard InChI is InChI=1S/C20H16F3N7O/c21-20(22,23)14-5-1-3-12(9-14)18-25-17(31-27-18)11-24-15-6-2-4-13(10-15)19-26-28-29-30(19)16-7-8-16/h1-6,9-10,16,24H,7-8,11H2. The van der Waals surface area contributed by atoms with Gasteiger partial charge in [0.25, 0.3) is 0 Å². The molecule has 1 N–H and O–H groups in total. The lowest BCUT2D eigenvalue weighted by Crippen LogP contribution is -2.04. The van der Waals surface area contributed by atoms with Crippen LogP contribution in [0.2, 0.25) is 0 Å². The second-order valence-corrected chi connectivity index (χ2v) is 7.20. The Morgan fingerprint density at radius 3 is 2.68 bits per heavy atom. The summed E-state index contributed by atoms with van der Waals surface area (Å²) < 4.78 is 45.8. The molecule has 158 valence electrons. The van der Waals surface area contributed by atoms with Crippen molar-refractivity contribution in [2.45, 2.75) is 31.6 Å². The summed E-state index contributed by atoms with van der Waals surface area (Å²) in [5, 5.41) is 18.9. The van der Waals surface area contributed by atoms with E-state index in [-0.39, 0.29) is 23.8 Å². The lowest BCUT2D eigenvalue weighted by Gasteiger charge is -2.07. The van der Waals surface area contributed by atoms with Crippen LogP contribution in [0.5, 0.6) is 0 Å². The molecule has 4 aromatic rings. The van der Waals surface area contributed by atoms with Crippen molar-refractivity contribution in [3.05, 3.63) is 60.0 Å². The Hall–Kier alpha value is -3.76. The molecule has 0 aliphatic heterocycles. The third kappa shape index (κ3) is 4.11. The summed E-state index contributed by atoms with van der Waals surface area (Å²) in [6.07, 6.45) is -2.29. The number of hydrogen-bond donors (Lipinski definition) is 1. The monoisotopic (exact) mass is 427 g/mol. The average Bonchev–Trinajstić information content (AvgIpc) is 3.30. The van der Waals surface area contributed by atoms with Crippen LogP contribution >= 0.6 is 0 Å². The number of rotatable bonds is 6. The van der Waals surface area contributed by atoms with Crippen LogP contribution in [0.4, 0.5) is 18.9 Å². The summed E-state index contributed by atoms with van der Waals surface area (Å²) in [5.41, 5.74) is 1.14. The molecule has 0 radical (unpaired) electrons. The molecule has 31 heavy (non-hydrogen) atoms. The van der Waals surface area contributed by atoms with Gasteiger partial charge in [-0.1, -0.05) is 29.4 Å². The number of benzene rings is 2. The van der Waals surface area contributed by atoms with Crippen LogP contribution in [0, 0.1) is 0 Å². The highest BCUT2D eigenvalue weighted by atomic mass is 19.4. The highest BCUT2D eigenvalue weighted by Crippen LogP contribution is 2.37. The number of nitrogens with one attached hydrogen (secondary N) is 1. The van der Waals surface area contributed by atoms with Gasteiger partial charge < -0.3 is 9.84 Å². The first-order chi connectivity index (χ1) is 15.0. The Labute approximate surface area is 174 Å². The van der Waals surface area contributed by atoms with Crippen LogP contribution < -0.4 is 5.32 Å². The Morgan fingerprint density at radius 2 is 1.87 bits per heavy atom. The molecule has 5 rings (SSSR count). The van der Waals surface area contributed by atoms with Gasteiger partial charge in [0, 0.05) is 16.8 Å². The maximum atomic E-state index is 12.9. The molecule has 2 aromatic heterocycles. The van der Waals surface area contributed by atoms with Gasteiger partial charge in [0.05, 0.1) is 18.2 Å². The normalized spacial score (nSPS) is 14.0. The number of tetrazole rings is 1. The number of halogens is 3. The van der Waals surface area contributed by atoms with E-state index >= 15 is 0 Å². The lowest BCUT2D eigenvalue weighted by atomic mass is 10.1. The highest BCUT2D eigenvalue weighted by Gasteiger charge is 2.31. The minimum Gasteiger partial charge on any atom is -0.376 e. The van der Waals surface area contributed by atoms with E-state index < -0.39 is 11.7 Å². The number of hydrogen-bond acceptors (Lipinski definition) is 7. The molecule has 11 heteroatoms. The largest absolute Gasteiger partial charge is 0.416 e. The van der Waals surface area contributed by atoms with Gasteiger partial charge in [0.2, 0.25) is 11.7 Å². The molecule has 1 fully saturated rings. The van der Waals surface area contributed by atoms with Gasteiger partial charge in [-0.3, -0.25) is 0 Å². The van der Waals surface area contributed by atoms with E-state index in [1.54, 1.807) is 0 Å². The number of aromatic nitrogens is 6. The second-order valence-electron chi connectivity index (χ2n) is 7.20. The topological polar surface area (TPSA) is 94.5 Å². The molecular weight excluding hydrogens is 411 g/mol. The summed E-state index contributed by atoms with van der Waals surface area (Å²) in [6, 6.07) is 12.8. The van der Waals surface area contributed by atoms with E-state index in [0.29, 0.717) is 11.9 Å². The maximum absolute atomic E-state index is 12.9. The molecule has 1 aliphatic carbocycles. The van der Waals surface area contributed by atoms with Gasteiger partial charge in [-0.05, 0) is 47.5 Å². The van der Waals surface area contributed by atoms with Crippen LogP contribution in [-0.2, 0) is 12.7 Å². The molecule has 2 heterocycles. The molecule has 1 saturated carbocycles. The maximum Gasteiger partial charge on any atom is 0.416 e. The zero-order valence-electron chi connectivity index (χ0n) is 16.0. The second kappa shape index (κ2) is 7.49. The van der Waals surface area contributed by atoms with E-state index in [4.69, 9.17) is 4.52 Å². The van der Waals surface area contributed by atoms with Crippen LogP contribution in [-0.4, -0.2) is 30.3 Å². The molecule has 0 bridgehead atoms. The van der Waals surface area contributed by atoms with Crippen molar-refractivity contribution in [1.82, 2.24) is 30.3 Å². The minimum atomic E-state index is -4.44. The quantitative estimate of drug-likeness (QED) is 0.489. The number of nitrogens with zero attached hydrogens (tertiary/aromatic N) is 6. The highest BCUT2D eigenvalue weighted by molar-refractivity contribution is 5.62. The third-order valence-electron chi connectivity index (χ3n) is 4.87. The van der Waals surface area contributed by atoms with Gasteiger partial charge in [0.1, 0.15) is 0 Å². The zero-order valence-corrected chi connectivity index (χ0v) is 16.0. The van der Waals surface area contributed by atoms with Crippen LogP contribution in [0.25, 0.3) is 22.8 Å². The van der Waals surface area contributed by atoms with Gasteiger partial charge in [-0.15, -0.1) is 5.10 Å². The van der Waals surface area contributed by atoms with E-state index in [2.05, 4.69) is 31.0 Å². The van der Waals surface area contributed by atoms with Crippen molar-refractivity contribution in [2.24, 2.45) is 0 Å². The fraction of sp³-hybridized carbons (Fsp3) is 0.250. The number of alkyl halides is 3. The molecule has 0 spiro atoms. The first kappa shape index (κ1) is 19.2. The van der Waals surface area contributed by atoms with E-state index in [1.165, 1.54) is 12.1 Å². The van der Waals surface area contributed by atoms with Crippen LogP contribution in [0.15, 0.2) is 53.1 Å². The molecule has 8 nitrogen and oxygen atoms in total. The van der Waals surface area contributed by atoms with Crippen LogP contribution in [0.1, 0.15) is 30.3 Å². The van der Waals surface area contributed by atoms with Crippen LogP contribution in [0.3, 0.4) is 0 Å². The predicted molar refractivity (Wildman–Crippen MR) is 104 cm³/mol. The van der Waals surface area contributed by atoms with E-state index in [1.807, 2.05) is 28.9 Å². The third-order valence-corrected chi connectivity index (χ3v) is 4.87. The smallest absolute Gasteiger partial charge is 0.376 e. The van der Waals surface area contributed by atoms with Crippen molar-refractivity contribution in [2.75, 3.05) is 5.32 Å². The summed E-state index contributed by atoms with van der Waals surface area (Å²) in [6.45, 7) is 0.211. The van der Waals surface area contributed by atoms with Crippen molar-refractivity contribution in [3.63, 3.8) is 0 Å². The minimum absolute atomic E-state index is 0.0975. The Kier molecular flexibility index (Phi) is 4.64. The summed E-state index contributed by atoms with van der Waals surface area (Å²) in [4.78, 5) is 4.19. The first-order valence-corrected chi connectivity index (χ1v) is 9.60. The SMILES string of the molecule is FC(F)(F)c1cccc(-c2noc(CNc3cccc(-c4nnnn4C4CC4)c3)n2)c1. The summed E-state index contributed by atoms with van der Waals surface area (Å²) in [5.74, 6) is 1.05. The Morgan fingerprint density at radius 1 is 1.06 bits per heavy atom. The van der Waals surface area contributed by atoms with Gasteiger partial charge in [-0.2, -0.15) is 18.2 Å². The summed E-state index contributed by atoms with van der Waals surface area (Å²) in [7, 11) is 0. The molecule has 0 unspecified atom stereocenters. The molecular formula is C20H16F3N7O. The molecule has 0 saturated heterocycles. The lowest BCUT2D eigenvalue weighted by molar-refractivity contribution is -0.137. The molecule has 0 amide bonds. The Bertz CT molecular complexity index is 1210. The predicted octanol–water partition coefficient (Wildman–Crippen LogP) is 4.36. The van der Waals surface area contributed by atoms with Crippen molar-refractivity contribution < 1.29 is 17.7 Å². The summed E-state index contributed by atoms with van der Waals surface area (Å²) >= 11 is 0. The first-order valence-electron chi connectivity index (χ1n) is 9.60. The van der Waals surface area contributed by atoms with E-state index in [0.717, 1.165) is 36.2 Å².